The van der Waals surface area contributed by atoms with Crippen molar-refractivity contribution in [2.45, 2.75) is 26.4 Å². The van der Waals surface area contributed by atoms with Crippen LogP contribution in [0.3, 0.4) is 0 Å². The van der Waals surface area contributed by atoms with Crippen LogP contribution < -0.4 is 5.73 Å². The topological polar surface area (TPSA) is 65.2 Å². The minimum absolute atomic E-state index is 0.351. The highest BCUT2D eigenvalue weighted by Gasteiger charge is 2.24. The van der Waals surface area contributed by atoms with Crippen LogP contribution in [0, 0.1) is 0 Å². The van der Waals surface area contributed by atoms with E-state index in [1.54, 1.807) is 0 Å². The van der Waals surface area contributed by atoms with Crippen molar-refractivity contribution in [2.75, 3.05) is 5.73 Å². The van der Waals surface area contributed by atoms with Crippen LogP contribution in [0.5, 0.6) is 0 Å². The number of esters is 1. The number of nitrogens with two attached hydrogens (primary N) is 1. The molecule has 2 aromatic rings. The average molecular weight is 355 g/mol. The van der Waals surface area contributed by atoms with Crippen molar-refractivity contribution in [3.05, 3.63) is 33.6 Å². The van der Waals surface area contributed by atoms with Gasteiger partial charge in [-0.15, -0.1) is 0 Å². The van der Waals surface area contributed by atoms with Crippen LogP contribution in [-0.4, -0.2) is 16.6 Å². The van der Waals surface area contributed by atoms with Crippen molar-refractivity contribution < 1.29 is 9.53 Å². The maximum absolute atomic E-state index is 12.2. The summed E-state index contributed by atoms with van der Waals surface area (Å²) >= 11 is 4.52. The summed E-state index contributed by atoms with van der Waals surface area (Å²) in [5, 5.41) is 0.351. The van der Waals surface area contributed by atoms with Gasteiger partial charge >= 0.3 is 5.97 Å². The second kappa shape index (κ2) is 5.54. The molecule has 0 aliphatic rings. The number of nitrogen functional groups attached to an aromatic ring is 1. The van der Waals surface area contributed by atoms with E-state index in [4.69, 9.17) is 10.5 Å². The third kappa shape index (κ3) is 3.58. The lowest BCUT2D eigenvalue weighted by atomic mass is 10.1. The number of thiazole rings is 1. The zero-order chi connectivity index (χ0) is 14.9. The number of aromatic nitrogens is 1. The third-order valence-electron chi connectivity index (χ3n) is 2.35. The van der Waals surface area contributed by atoms with Crippen LogP contribution in [0.4, 0.5) is 5.13 Å². The van der Waals surface area contributed by atoms with Gasteiger partial charge in [0.1, 0.15) is 10.5 Å². The van der Waals surface area contributed by atoms with Crippen LogP contribution in [0.1, 0.15) is 30.4 Å². The first kappa shape index (κ1) is 15.0. The number of hydrogen-bond acceptors (Lipinski definition) is 5. The first-order chi connectivity index (χ1) is 9.26. The van der Waals surface area contributed by atoms with E-state index >= 15 is 0 Å². The first-order valence-electron chi connectivity index (χ1n) is 6.02. The van der Waals surface area contributed by atoms with Crippen LogP contribution in [-0.2, 0) is 4.74 Å². The molecule has 0 radical (unpaired) electrons. The Morgan fingerprint density at radius 1 is 1.30 bits per heavy atom. The molecule has 1 aromatic carbocycles. The molecule has 4 nitrogen and oxygen atoms in total. The van der Waals surface area contributed by atoms with Crippen molar-refractivity contribution in [3.8, 4) is 11.3 Å². The molecule has 0 aliphatic heterocycles. The van der Waals surface area contributed by atoms with E-state index in [9.17, 15) is 4.79 Å². The molecule has 0 amide bonds. The molecular formula is C14H15BrN2O2S. The predicted molar refractivity (Wildman–Crippen MR) is 84.8 cm³/mol. The maximum Gasteiger partial charge on any atom is 0.351 e. The number of halogens is 1. The molecule has 6 heteroatoms. The lowest BCUT2D eigenvalue weighted by Crippen LogP contribution is -2.23. The fourth-order valence-corrected chi connectivity index (χ4v) is 2.60. The highest BCUT2D eigenvalue weighted by molar-refractivity contribution is 9.10. The van der Waals surface area contributed by atoms with E-state index in [-0.39, 0.29) is 0 Å². The number of carbonyl (C=O) groups excluding carboxylic acids is 1. The summed E-state index contributed by atoms with van der Waals surface area (Å²) in [6.45, 7) is 5.48. The van der Waals surface area contributed by atoms with Gasteiger partial charge in [-0.05, 0) is 32.9 Å². The molecule has 0 spiro atoms. The Hall–Kier alpha value is -1.40. The van der Waals surface area contributed by atoms with Gasteiger partial charge in [0.15, 0.2) is 5.13 Å². The van der Waals surface area contributed by atoms with Gasteiger partial charge in [-0.1, -0.05) is 39.4 Å². The van der Waals surface area contributed by atoms with Crippen molar-refractivity contribution in [1.29, 1.82) is 0 Å². The van der Waals surface area contributed by atoms with Crippen molar-refractivity contribution in [1.82, 2.24) is 4.98 Å². The lowest BCUT2D eigenvalue weighted by molar-refractivity contribution is 0.00759. The molecule has 2 rings (SSSR count). The monoisotopic (exact) mass is 354 g/mol. The van der Waals surface area contributed by atoms with E-state index in [0.717, 1.165) is 21.4 Å². The Balaban J connectivity index is 2.40. The summed E-state index contributed by atoms with van der Waals surface area (Å²) in [5.74, 6) is -0.399. The minimum Gasteiger partial charge on any atom is -0.456 e. The first-order valence-corrected chi connectivity index (χ1v) is 7.63. The highest BCUT2D eigenvalue weighted by Crippen LogP contribution is 2.31. The largest absolute Gasteiger partial charge is 0.456 e. The van der Waals surface area contributed by atoms with E-state index in [2.05, 4.69) is 20.9 Å². The third-order valence-corrected chi connectivity index (χ3v) is 3.74. The quantitative estimate of drug-likeness (QED) is 0.824. The molecule has 1 heterocycles. The number of anilines is 1. The van der Waals surface area contributed by atoms with Gasteiger partial charge < -0.3 is 10.5 Å². The molecule has 106 valence electrons. The van der Waals surface area contributed by atoms with Crippen molar-refractivity contribution in [3.63, 3.8) is 0 Å². The number of benzene rings is 1. The summed E-state index contributed by atoms with van der Waals surface area (Å²) in [4.78, 5) is 16.9. The fraction of sp³-hybridized carbons (Fsp3) is 0.286. The Kier molecular flexibility index (Phi) is 4.15. The molecule has 0 saturated heterocycles. The van der Waals surface area contributed by atoms with Crippen LogP contribution >= 0.6 is 27.3 Å². The van der Waals surface area contributed by atoms with Gasteiger partial charge in [0.25, 0.3) is 0 Å². The number of nitrogens with zero attached hydrogens (tertiary/aromatic N) is 1. The molecule has 0 atom stereocenters. The Bertz CT molecular complexity index is 630. The van der Waals surface area contributed by atoms with Gasteiger partial charge in [0.05, 0.1) is 5.69 Å². The number of rotatable bonds is 2. The van der Waals surface area contributed by atoms with Gasteiger partial charge in [0, 0.05) is 10.0 Å². The molecular weight excluding hydrogens is 340 g/mol. The SMILES string of the molecule is CC(C)(C)OC(=O)c1sc(N)nc1-c1ccc(Br)cc1. The molecule has 2 N–H and O–H groups in total. The predicted octanol–water partition coefficient (Wildman–Crippen LogP) is 4.11. The zero-order valence-corrected chi connectivity index (χ0v) is 13.8. The molecule has 0 unspecified atom stereocenters. The number of ether oxygens (including phenoxy) is 1. The second-order valence-electron chi connectivity index (χ2n) is 5.24. The Labute approximate surface area is 130 Å². The maximum atomic E-state index is 12.2. The van der Waals surface area contributed by atoms with Crippen molar-refractivity contribution in [2.24, 2.45) is 0 Å². The van der Waals surface area contributed by atoms with Gasteiger partial charge in [-0.3, -0.25) is 0 Å². The molecule has 1 aromatic heterocycles. The van der Waals surface area contributed by atoms with Gasteiger partial charge in [-0.2, -0.15) is 0 Å². The van der Waals surface area contributed by atoms with Gasteiger partial charge in [-0.25, -0.2) is 9.78 Å². The normalized spacial score (nSPS) is 11.4. The number of carbonyl (C=O) groups is 1. The van der Waals surface area contributed by atoms with Crippen molar-refractivity contribution >= 4 is 38.4 Å². The minimum atomic E-state index is -0.549. The second-order valence-corrected chi connectivity index (χ2v) is 7.18. The summed E-state index contributed by atoms with van der Waals surface area (Å²) in [6, 6.07) is 7.55. The summed E-state index contributed by atoms with van der Waals surface area (Å²) in [5.41, 5.74) is 6.59. The van der Waals surface area contributed by atoms with Crippen LogP contribution in [0.15, 0.2) is 28.7 Å². The molecule has 0 aliphatic carbocycles. The molecule has 0 bridgehead atoms. The molecule has 20 heavy (non-hydrogen) atoms. The number of hydrogen-bond donors (Lipinski definition) is 1. The summed E-state index contributed by atoms with van der Waals surface area (Å²) in [6.07, 6.45) is 0. The molecule has 0 fully saturated rings. The summed E-state index contributed by atoms with van der Waals surface area (Å²) in [7, 11) is 0. The van der Waals surface area contributed by atoms with Crippen LogP contribution in [0.2, 0.25) is 0 Å². The smallest absolute Gasteiger partial charge is 0.351 e. The standard InChI is InChI=1S/C14H15BrN2O2S/c1-14(2,3)19-12(18)11-10(17-13(16)20-11)8-4-6-9(15)7-5-8/h4-7H,1-3H3,(H2,16,17). The van der Waals surface area contributed by atoms with Gasteiger partial charge in [0.2, 0.25) is 0 Å². The molecule has 0 saturated carbocycles. The average Bonchev–Trinajstić information content (AvgIpc) is 2.70. The van der Waals surface area contributed by atoms with E-state index in [0.29, 0.717) is 15.7 Å². The highest BCUT2D eigenvalue weighted by atomic mass is 79.9. The zero-order valence-electron chi connectivity index (χ0n) is 11.4. The van der Waals surface area contributed by atoms with E-state index < -0.39 is 11.6 Å². The Morgan fingerprint density at radius 2 is 1.90 bits per heavy atom. The fourth-order valence-electron chi connectivity index (χ4n) is 1.60. The van der Waals surface area contributed by atoms with E-state index in [1.165, 1.54) is 0 Å². The Morgan fingerprint density at radius 3 is 2.45 bits per heavy atom. The summed E-state index contributed by atoms with van der Waals surface area (Å²) < 4.78 is 6.35. The lowest BCUT2D eigenvalue weighted by Gasteiger charge is -2.19. The van der Waals surface area contributed by atoms with Crippen LogP contribution in [0.25, 0.3) is 11.3 Å². The van der Waals surface area contributed by atoms with E-state index in [1.807, 2.05) is 45.0 Å².